The van der Waals surface area contributed by atoms with E-state index in [1.165, 1.54) is 31.7 Å². The predicted molar refractivity (Wildman–Crippen MR) is 155 cm³/mol. The number of aliphatic hydroxyl groups excluding tert-OH is 1. The van der Waals surface area contributed by atoms with Crippen LogP contribution in [0.4, 0.5) is 5.95 Å². The third kappa shape index (κ3) is 7.16. The standard InChI is InChI=1S/C25H33N6O10PS/c1-24(2,21(34)35)22(36)43-10-9-39-42(38,28-11-14-7-5-4-6-8-14)40-12-15-17(32)25(3,37)20(41-15)31-13-27-16-18(31)29-23(26)30-19(16)33/h4-8,13,15,17,20,32,37H,9-12H2,1-3H3,(H,28,38)(H,34,35)(H3,26,29,30,33)/t15-,17?,20-,25-,42?/m1/s1. The van der Waals surface area contributed by atoms with Gasteiger partial charge in [-0.2, -0.15) is 4.98 Å². The number of imidazole rings is 1. The molecule has 0 radical (unpaired) electrons. The van der Waals surface area contributed by atoms with E-state index in [9.17, 15) is 34.3 Å². The van der Waals surface area contributed by atoms with Crippen molar-refractivity contribution in [3.05, 3.63) is 52.6 Å². The Kier molecular flexibility index (Phi) is 9.78. The van der Waals surface area contributed by atoms with Gasteiger partial charge in [0.15, 0.2) is 17.4 Å². The molecule has 7 N–H and O–H groups in total. The molecular formula is C25H33N6O10PS. The van der Waals surface area contributed by atoms with Gasteiger partial charge in [0.25, 0.3) is 5.56 Å². The minimum absolute atomic E-state index is 0.0111. The van der Waals surface area contributed by atoms with Crippen LogP contribution in [0.2, 0.25) is 0 Å². The number of aliphatic carboxylic acids is 1. The highest BCUT2D eigenvalue weighted by Gasteiger charge is 2.54. The van der Waals surface area contributed by atoms with Crippen molar-refractivity contribution in [3.63, 3.8) is 0 Å². The fraction of sp³-hybridized carbons (Fsp3) is 0.480. The number of carboxylic acids is 1. The van der Waals surface area contributed by atoms with Gasteiger partial charge in [-0.1, -0.05) is 42.1 Å². The molecule has 234 valence electrons. The van der Waals surface area contributed by atoms with Gasteiger partial charge in [0.2, 0.25) is 11.1 Å². The van der Waals surface area contributed by atoms with Crippen LogP contribution in [-0.2, 0) is 34.5 Å². The highest BCUT2D eigenvalue weighted by Crippen LogP contribution is 2.47. The van der Waals surface area contributed by atoms with Crippen molar-refractivity contribution in [1.82, 2.24) is 24.6 Å². The lowest BCUT2D eigenvalue weighted by Gasteiger charge is -2.27. The van der Waals surface area contributed by atoms with Crippen LogP contribution < -0.4 is 16.4 Å². The van der Waals surface area contributed by atoms with E-state index in [2.05, 4.69) is 20.0 Å². The van der Waals surface area contributed by atoms with Crippen LogP contribution in [0.1, 0.15) is 32.6 Å². The lowest BCUT2D eigenvalue weighted by atomic mass is 9.96. The van der Waals surface area contributed by atoms with Gasteiger partial charge in [-0.25, -0.2) is 14.6 Å². The van der Waals surface area contributed by atoms with Crippen LogP contribution in [0.15, 0.2) is 41.5 Å². The molecule has 16 nitrogen and oxygen atoms in total. The number of thioether (sulfide) groups is 1. The number of hydrogen-bond acceptors (Lipinski definition) is 13. The number of aliphatic hydroxyl groups is 2. The third-order valence-corrected chi connectivity index (χ3v) is 9.51. The molecule has 43 heavy (non-hydrogen) atoms. The first-order valence-electron chi connectivity index (χ1n) is 13.0. The molecule has 1 aromatic carbocycles. The summed E-state index contributed by atoms with van der Waals surface area (Å²) in [4.78, 5) is 46.2. The first-order valence-corrected chi connectivity index (χ1v) is 15.6. The molecule has 0 bridgehead atoms. The number of fused-ring (bicyclic) bond motifs is 1. The van der Waals surface area contributed by atoms with E-state index in [-0.39, 0.29) is 36.0 Å². The number of carbonyl (C=O) groups is 2. The summed E-state index contributed by atoms with van der Waals surface area (Å²) in [5.41, 5.74) is 2.22. The van der Waals surface area contributed by atoms with E-state index in [0.29, 0.717) is 0 Å². The van der Waals surface area contributed by atoms with Crippen molar-refractivity contribution in [2.75, 3.05) is 24.7 Å². The number of benzene rings is 1. The predicted octanol–water partition coefficient (Wildman–Crippen LogP) is 1.01. The number of nitrogen functional groups attached to an aromatic ring is 1. The van der Waals surface area contributed by atoms with Gasteiger partial charge in [0.05, 0.1) is 19.5 Å². The monoisotopic (exact) mass is 640 g/mol. The molecule has 1 aliphatic rings. The maximum absolute atomic E-state index is 13.7. The average Bonchev–Trinajstić information content (AvgIpc) is 3.47. The quantitative estimate of drug-likeness (QED) is 0.0868. The van der Waals surface area contributed by atoms with E-state index < -0.39 is 60.4 Å². The van der Waals surface area contributed by atoms with Gasteiger partial charge in [-0.3, -0.25) is 33.0 Å². The number of carboxylic acid groups (broad SMARTS) is 1. The van der Waals surface area contributed by atoms with Crippen LogP contribution in [0, 0.1) is 5.41 Å². The third-order valence-electron chi connectivity index (χ3n) is 6.81. The van der Waals surface area contributed by atoms with E-state index in [1.807, 2.05) is 6.07 Å². The minimum atomic E-state index is -4.11. The normalized spacial score (nSPS) is 23.8. The zero-order chi connectivity index (χ0) is 31.6. The number of rotatable bonds is 13. The Morgan fingerprint density at radius 2 is 2.00 bits per heavy atom. The first kappa shape index (κ1) is 32.8. The second kappa shape index (κ2) is 12.8. The number of nitrogens with zero attached hydrogens (tertiary/aromatic N) is 3. The summed E-state index contributed by atoms with van der Waals surface area (Å²) >= 11 is 0.717. The Labute approximate surface area is 249 Å². The smallest absolute Gasteiger partial charge is 0.405 e. The fourth-order valence-electron chi connectivity index (χ4n) is 4.14. The van der Waals surface area contributed by atoms with E-state index in [1.54, 1.807) is 24.3 Å². The van der Waals surface area contributed by atoms with Gasteiger partial charge in [0.1, 0.15) is 23.2 Å². The van der Waals surface area contributed by atoms with Crippen LogP contribution >= 0.6 is 19.5 Å². The Morgan fingerprint density at radius 1 is 1.30 bits per heavy atom. The fourth-order valence-corrected chi connectivity index (χ4v) is 6.37. The number of H-pyrrole nitrogens is 1. The molecule has 0 saturated carbocycles. The summed E-state index contributed by atoms with van der Waals surface area (Å²) in [7, 11) is -4.11. The molecule has 0 aliphatic carbocycles. The number of aromatic nitrogens is 4. The molecule has 0 amide bonds. The molecule has 1 saturated heterocycles. The Balaban J connectivity index is 1.46. The highest BCUT2D eigenvalue weighted by atomic mass is 32.2. The molecule has 2 unspecified atom stereocenters. The molecule has 3 aromatic rings. The highest BCUT2D eigenvalue weighted by molar-refractivity contribution is 8.13. The number of nitrogens with two attached hydrogens (primary N) is 1. The topological polar surface area (TPSA) is 241 Å². The summed E-state index contributed by atoms with van der Waals surface area (Å²) in [6, 6.07) is 8.96. The number of nitrogens with one attached hydrogen (secondary N) is 2. The molecule has 2 aromatic heterocycles. The van der Waals surface area contributed by atoms with Gasteiger partial charge in [-0.15, -0.1) is 0 Å². The van der Waals surface area contributed by atoms with Crippen molar-refractivity contribution < 1.29 is 43.3 Å². The summed E-state index contributed by atoms with van der Waals surface area (Å²) in [5.74, 6) is -1.48. The molecule has 18 heteroatoms. The second-order valence-corrected chi connectivity index (χ2v) is 13.4. The number of ether oxygens (including phenoxy) is 1. The molecular weight excluding hydrogens is 607 g/mol. The molecule has 3 heterocycles. The van der Waals surface area contributed by atoms with Crippen LogP contribution in [0.3, 0.4) is 0 Å². The van der Waals surface area contributed by atoms with Crippen molar-refractivity contribution >= 4 is 47.7 Å². The molecule has 1 aliphatic heterocycles. The molecule has 4 rings (SSSR count). The summed E-state index contributed by atoms with van der Waals surface area (Å²) in [5, 5.41) is 33.5. The lowest BCUT2D eigenvalue weighted by Crippen LogP contribution is -2.44. The van der Waals surface area contributed by atoms with E-state index in [4.69, 9.17) is 19.5 Å². The number of hydrogen-bond donors (Lipinski definition) is 6. The average molecular weight is 641 g/mol. The van der Waals surface area contributed by atoms with Crippen molar-refractivity contribution in [3.8, 4) is 0 Å². The molecule has 0 spiro atoms. The van der Waals surface area contributed by atoms with E-state index >= 15 is 0 Å². The number of anilines is 1. The first-order chi connectivity index (χ1) is 20.2. The lowest BCUT2D eigenvalue weighted by molar-refractivity contribution is -0.149. The van der Waals surface area contributed by atoms with Crippen molar-refractivity contribution in [2.45, 2.75) is 51.4 Å². The van der Waals surface area contributed by atoms with Gasteiger partial charge >= 0.3 is 13.7 Å². The zero-order valence-corrected chi connectivity index (χ0v) is 25.2. The Bertz CT molecular complexity index is 1580. The van der Waals surface area contributed by atoms with Crippen LogP contribution in [0.5, 0.6) is 0 Å². The molecule has 5 atom stereocenters. The molecule has 1 fully saturated rings. The number of aromatic amines is 1. The van der Waals surface area contributed by atoms with Crippen LogP contribution in [-0.4, -0.2) is 82.7 Å². The Morgan fingerprint density at radius 3 is 2.67 bits per heavy atom. The maximum atomic E-state index is 13.7. The van der Waals surface area contributed by atoms with Crippen molar-refractivity contribution in [2.24, 2.45) is 5.41 Å². The van der Waals surface area contributed by atoms with E-state index in [0.717, 1.165) is 17.3 Å². The second-order valence-electron chi connectivity index (χ2n) is 10.5. The number of carbonyl (C=O) groups excluding carboxylic acids is 1. The van der Waals surface area contributed by atoms with Gasteiger partial charge in [0, 0.05) is 12.3 Å². The Hall–Kier alpha value is -3.15. The van der Waals surface area contributed by atoms with Gasteiger partial charge in [-0.05, 0) is 26.3 Å². The van der Waals surface area contributed by atoms with Crippen LogP contribution in [0.25, 0.3) is 11.2 Å². The van der Waals surface area contributed by atoms with Crippen molar-refractivity contribution in [1.29, 1.82) is 0 Å². The zero-order valence-electron chi connectivity index (χ0n) is 23.5. The SMILES string of the molecule is CC(C)(C(=O)O)C(=O)SCCOP(=O)(NCc1ccccc1)OC[C@H]1O[C@@H](n2cnc3c(=O)[nH]c(N)nc32)[C@](C)(O)C1O. The largest absolute Gasteiger partial charge is 0.480 e. The minimum Gasteiger partial charge on any atom is -0.480 e. The van der Waals surface area contributed by atoms with Gasteiger partial charge < -0.3 is 25.8 Å². The maximum Gasteiger partial charge on any atom is 0.405 e. The summed E-state index contributed by atoms with van der Waals surface area (Å²) < 4.78 is 32.0. The summed E-state index contributed by atoms with van der Waals surface area (Å²) in [6.45, 7) is 3.20. The summed E-state index contributed by atoms with van der Waals surface area (Å²) in [6.07, 6.45) is -2.85.